The van der Waals surface area contributed by atoms with Gasteiger partial charge in [0.15, 0.2) is 0 Å². The molecule has 0 radical (unpaired) electrons. The zero-order chi connectivity index (χ0) is 14.7. The summed E-state index contributed by atoms with van der Waals surface area (Å²) in [6.07, 6.45) is 5.11. The Morgan fingerprint density at radius 1 is 1.37 bits per heavy atom. The van der Waals surface area contributed by atoms with Gasteiger partial charge in [-0.25, -0.2) is 13.3 Å². The molecule has 0 heterocycles. The molecule has 0 aromatic carbocycles. The molecule has 0 fully saturated rings. The van der Waals surface area contributed by atoms with Crippen molar-refractivity contribution in [2.75, 3.05) is 19.9 Å². The smallest absolute Gasteiger partial charge is 0.296 e. The van der Waals surface area contributed by atoms with E-state index in [4.69, 9.17) is 4.18 Å². The standard InChI is InChI=1S/C11H22N2O4S2/c1-5-6-7-8-9-16-19(15)13(3)11(14)17-12-10(2)18-4/h5-9H2,1-4H3. The van der Waals surface area contributed by atoms with E-state index in [0.717, 1.165) is 30.0 Å². The van der Waals surface area contributed by atoms with Crippen LogP contribution in [0.4, 0.5) is 4.79 Å². The normalized spacial score (nSPS) is 13.2. The fourth-order valence-electron chi connectivity index (χ4n) is 0.997. The maximum absolute atomic E-state index is 11.6. The van der Waals surface area contributed by atoms with E-state index in [2.05, 4.69) is 16.9 Å². The number of rotatable bonds is 8. The number of hydrogen-bond acceptors (Lipinski definition) is 6. The molecule has 0 aliphatic carbocycles. The highest BCUT2D eigenvalue weighted by molar-refractivity contribution is 8.13. The number of carbonyl (C=O) groups is 1. The third kappa shape index (κ3) is 9.01. The van der Waals surface area contributed by atoms with Crippen molar-refractivity contribution in [2.45, 2.75) is 39.5 Å². The van der Waals surface area contributed by atoms with Crippen LogP contribution in [-0.2, 0) is 20.3 Å². The summed E-state index contributed by atoms with van der Waals surface area (Å²) in [5, 5.41) is 4.17. The highest BCUT2D eigenvalue weighted by atomic mass is 32.2. The highest BCUT2D eigenvalue weighted by Crippen LogP contribution is 2.04. The van der Waals surface area contributed by atoms with E-state index in [-0.39, 0.29) is 0 Å². The van der Waals surface area contributed by atoms with Gasteiger partial charge in [-0.3, -0.25) is 9.02 Å². The average Bonchev–Trinajstić information content (AvgIpc) is 2.42. The lowest BCUT2D eigenvalue weighted by Crippen LogP contribution is -2.30. The van der Waals surface area contributed by atoms with Gasteiger partial charge >= 0.3 is 6.09 Å². The van der Waals surface area contributed by atoms with Gasteiger partial charge in [-0.05, 0) is 19.6 Å². The van der Waals surface area contributed by atoms with Crippen molar-refractivity contribution in [1.82, 2.24) is 4.31 Å². The molecule has 112 valence electrons. The van der Waals surface area contributed by atoms with Gasteiger partial charge in [-0.15, -0.1) is 11.8 Å². The van der Waals surface area contributed by atoms with Crippen LogP contribution in [0.3, 0.4) is 0 Å². The van der Waals surface area contributed by atoms with Crippen molar-refractivity contribution in [1.29, 1.82) is 0 Å². The number of thioether (sulfide) groups is 1. The molecule has 1 amide bonds. The number of carbonyl (C=O) groups excluding carboxylic acids is 1. The maximum atomic E-state index is 11.6. The third-order valence-corrected chi connectivity index (χ3v) is 3.84. The average molecular weight is 310 g/mol. The fourth-order valence-corrected chi connectivity index (χ4v) is 1.68. The second kappa shape index (κ2) is 11.2. The van der Waals surface area contributed by atoms with Gasteiger partial charge in [0, 0.05) is 7.05 Å². The molecule has 0 saturated carbocycles. The molecule has 1 atom stereocenters. The summed E-state index contributed by atoms with van der Waals surface area (Å²) in [5.74, 6) is 0. The van der Waals surface area contributed by atoms with Gasteiger partial charge in [0.05, 0.1) is 6.61 Å². The Bertz CT molecular complexity index is 324. The lowest BCUT2D eigenvalue weighted by Gasteiger charge is -2.12. The second-order valence-corrected chi connectivity index (χ2v) is 5.99. The molecular weight excluding hydrogens is 288 g/mol. The minimum Gasteiger partial charge on any atom is -0.296 e. The van der Waals surface area contributed by atoms with E-state index in [1.165, 1.54) is 18.8 Å². The molecule has 0 aliphatic heterocycles. The van der Waals surface area contributed by atoms with Crippen LogP contribution in [0.2, 0.25) is 0 Å². The lowest BCUT2D eigenvalue weighted by atomic mass is 10.2. The van der Waals surface area contributed by atoms with Gasteiger partial charge in [0.1, 0.15) is 5.04 Å². The van der Waals surface area contributed by atoms with Crippen molar-refractivity contribution in [3.63, 3.8) is 0 Å². The molecular formula is C11H22N2O4S2. The number of oxime groups is 1. The van der Waals surface area contributed by atoms with Crippen LogP contribution in [0.25, 0.3) is 0 Å². The first-order valence-electron chi connectivity index (χ1n) is 6.11. The Morgan fingerprint density at radius 3 is 2.63 bits per heavy atom. The van der Waals surface area contributed by atoms with Crippen LogP contribution in [-0.4, -0.2) is 39.6 Å². The Morgan fingerprint density at radius 2 is 2.05 bits per heavy atom. The van der Waals surface area contributed by atoms with Crippen LogP contribution >= 0.6 is 11.8 Å². The van der Waals surface area contributed by atoms with E-state index in [1.807, 2.05) is 6.26 Å². The molecule has 0 aliphatic rings. The summed E-state index contributed by atoms with van der Waals surface area (Å²) in [5.41, 5.74) is 0. The summed E-state index contributed by atoms with van der Waals surface area (Å²) < 4.78 is 17.5. The zero-order valence-corrected chi connectivity index (χ0v) is 13.5. The Labute approximate surface area is 121 Å². The molecule has 1 unspecified atom stereocenters. The van der Waals surface area contributed by atoms with Gasteiger partial charge in [0.25, 0.3) is 11.3 Å². The second-order valence-electron chi connectivity index (χ2n) is 3.77. The largest absolute Gasteiger partial charge is 0.449 e. The monoisotopic (exact) mass is 310 g/mol. The maximum Gasteiger partial charge on any atom is 0.449 e. The van der Waals surface area contributed by atoms with E-state index < -0.39 is 17.4 Å². The number of nitrogens with zero attached hydrogens (tertiary/aromatic N) is 2. The van der Waals surface area contributed by atoms with Gasteiger partial charge in [-0.2, -0.15) is 0 Å². The van der Waals surface area contributed by atoms with E-state index >= 15 is 0 Å². The van der Waals surface area contributed by atoms with Crippen LogP contribution in [0, 0.1) is 0 Å². The zero-order valence-electron chi connectivity index (χ0n) is 11.9. The van der Waals surface area contributed by atoms with Gasteiger partial charge in [-0.1, -0.05) is 31.3 Å². The van der Waals surface area contributed by atoms with Crippen molar-refractivity contribution >= 4 is 34.2 Å². The Hall–Kier alpha value is -0.600. The van der Waals surface area contributed by atoms with Crippen LogP contribution in [0.1, 0.15) is 39.5 Å². The van der Waals surface area contributed by atoms with Crippen LogP contribution < -0.4 is 0 Å². The summed E-state index contributed by atoms with van der Waals surface area (Å²) >= 11 is -0.479. The predicted molar refractivity (Wildman–Crippen MR) is 79.1 cm³/mol. The molecule has 0 spiro atoms. The number of hydrogen-bond donors (Lipinski definition) is 0. The number of unbranched alkanes of at least 4 members (excludes halogenated alkanes) is 3. The van der Waals surface area contributed by atoms with Crippen molar-refractivity contribution in [3.8, 4) is 0 Å². The molecule has 0 bridgehead atoms. The molecule has 0 N–H and O–H groups in total. The molecule has 6 nitrogen and oxygen atoms in total. The summed E-state index contributed by atoms with van der Waals surface area (Å²) in [4.78, 5) is 16.1. The van der Waals surface area contributed by atoms with Gasteiger partial charge < -0.3 is 0 Å². The summed E-state index contributed by atoms with van der Waals surface area (Å²) in [7, 11) is 1.34. The lowest BCUT2D eigenvalue weighted by molar-refractivity contribution is 0.133. The molecule has 0 aromatic rings. The quantitative estimate of drug-likeness (QED) is 0.227. The predicted octanol–water partition coefficient (Wildman–Crippen LogP) is 2.93. The minimum atomic E-state index is -1.83. The topological polar surface area (TPSA) is 68.2 Å². The van der Waals surface area contributed by atoms with E-state index in [9.17, 15) is 9.00 Å². The first-order chi connectivity index (χ1) is 9.02. The van der Waals surface area contributed by atoms with Crippen LogP contribution in [0.15, 0.2) is 5.16 Å². The summed E-state index contributed by atoms with van der Waals surface area (Å²) in [6.45, 7) is 4.18. The number of amides is 1. The fraction of sp³-hybridized carbons (Fsp3) is 0.818. The Kier molecular flexibility index (Phi) is 10.9. The Balaban J connectivity index is 3.94. The van der Waals surface area contributed by atoms with E-state index in [1.54, 1.807) is 6.92 Å². The first-order valence-corrected chi connectivity index (χ1v) is 8.37. The molecule has 0 rings (SSSR count). The van der Waals surface area contributed by atoms with Crippen LogP contribution in [0.5, 0.6) is 0 Å². The first kappa shape index (κ1) is 18.4. The molecule has 0 saturated heterocycles. The third-order valence-electron chi connectivity index (χ3n) is 2.21. The van der Waals surface area contributed by atoms with E-state index in [0.29, 0.717) is 11.7 Å². The van der Waals surface area contributed by atoms with Crippen molar-refractivity contribution < 1.29 is 18.0 Å². The van der Waals surface area contributed by atoms with Crippen molar-refractivity contribution in [2.24, 2.45) is 5.16 Å². The highest BCUT2D eigenvalue weighted by Gasteiger charge is 2.18. The van der Waals surface area contributed by atoms with Crippen molar-refractivity contribution in [3.05, 3.63) is 0 Å². The molecule has 8 heteroatoms. The molecule has 19 heavy (non-hydrogen) atoms. The SMILES string of the molecule is CCCCCCOS(=O)N(C)C(=O)ON=C(C)SC. The minimum absolute atomic E-state index is 0.358. The molecule has 0 aromatic heterocycles. The summed E-state index contributed by atoms with van der Waals surface area (Å²) in [6, 6.07) is 0. The van der Waals surface area contributed by atoms with Gasteiger partial charge in [0.2, 0.25) is 0 Å².